The average Bonchev–Trinajstić information content (AvgIpc) is 2.59. The number of hydrogen-bond donors (Lipinski definition) is 2. The number of alkyl halides is 15. The molecule has 0 bridgehead atoms. The summed E-state index contributed by atoms with van der Waals surface area (Å²) in [6, 6.07) is 2.24. The molecule has 0 saturated heterocycles. The Morgan fingerprint density at radius 3 is 1.41 bits per heavy atom. The molecule has 1 aromatic carbocycles. The summed E-state index contributed by atoms with van der Waals surface area (Å²) in [7, 11) is 0. The molecule has 0 amide bonds. The maximum Gasteiger partial charge on any atom is 0.460 e. The zero-order chi connectivity index (χ0) is 25.8. The van der Waals surface area contributed by atoms with Crippen LogP contribution in [0.25, 0.3) is 0 Å². The van der Waals surface area contributed by atoms with Crippen LogP contribution in [0, 0.1) is 0 Å². The van der Waals surface area contributed by atoms with Crippen molar-refractivity contribution in [2.75, 3.05) is 18.1 Å². The van der Waals surface area contributed by atoms with Gasteiger partial charge >= 0.3 is 41.7 Å². The van der Waals surface area contributed by atoms with Crippen LogP contribution in [0.2, 0.25) is 0 Å². The molecule has 0 atom stereocenters. The Morgan fingerprint density at radius 1 is 0.594 bits per heavy atom. The molecule has 0 aliphatic carbocycles. The van der Waals surface area contributed by atoms with Crippen LogP contribution in [0.15, 0.2) is 18.2 Å². The maximum absolute atomic E-state index is 13.6. The van der Waals surface area contributed by atoms with Crippen LogP contribution in [0.5, 0.6) is 5.75 Å². The number of rotatable bonds is 8. The van der Waals surface area contributed by atoms with Gasteiger partial charge < -0.3 is 16.2 Å². The van der Waals surface area contributed by atoms with Crippen molar-refractivity contribution >= 4 is 11.4 Å². The van der Waals surface area contributed by atoms with Crippen molar-refractivity contribution in [2.45, 2.75) is 41.7 Å². The van der Waals surface area contributed by atoms with Crippen LogP contribution in [-0.2, 0) is 0 Å². The third-order valence-electron chi connectivity index (χ3n) is 3.84. The quantitative estimate of drug-likeness (QED) is 0.357. The minimum Gasteiger partial charge on any atom is -0.485 e. The first-order valence-corrected chi connectivity index (χ1v) is 7.50. The minimum atomic E-state index is -8.34. The molecule has 1 rings (SSSR count). The Bertz CT molecular complexity index is 834. The van der Waals surface area contributed by atoms with E-state index in [1.54, 1.807) is 0 Å². The lowest BCUT2D eigenvalue weighted by Crippen LogP contribution is -2.73. The molecule has 1 aromatic rings. The van der Waals surface area contributed by atoms with Gasteiger partial charge in [-0.05, 0) is 18.2 Å². The first kappa shape index (κ1) is 27.6. The van der Waals surface area contributed by atoms with Gasteiger partial charge in [0.15, 0.2) is 6.61 Å². The zero-order valence-electron chi connectivity index (χ0n) is 14.7. The van der Waals surface area contributed by atoms with Crippen molar-refractivity contribution in [1.82, 2.24) is 0 Å². The van der Waals surface area contributed by atoms with Crippen LogP contribution in [0.1, 0.15) is 0 Å². The first-order valence-electron chi connectivity index (χ1n) is 7.50. The van der Waals surface area contributed by atoms with E-state index < -0.39 is 59.8 Å². The van der Waals surface area contributed by atoms with E-state index in [4.69, 9.17) is 11.5 Å². The number of benzene rings is 1. The summed E-state index contributed by atoms with van der Waals surface area (Å²) in [4.78, 5) is 0. The lowest BCUT2D eigenvalue weighted by Gasteiger charge is -2.41. The second-order valence-corrected chi connectivity index (χ2v) is 6.16. The molecule has 0 radical (unpaired) electrons. The fourth-order valence-electron chi connectivity index (χ4n) is 1.96. The SMILES string of the molecule is Nc1ccc(OCC(F)(F)C(F)(F)C(F)(F)C(F)(F)C(F)(F)C(F)(F)C(F)(F)F)c(N)c1. The summed E-state index contributed by atoms with van der Waals surface area (Å²) < 4.78 is 200. The molecule has 0 spiro atoms. The van der Waals surface area contributed by atoms with Gasteiger partial charge in [-0.3, -0.25) is 0 Å². The van der Waals surface area contributed by atoms with E-state index >= 15 is 0 Å². The molecule has 0 aromatic heterocycles. The number of halogens is 15. The maximum atomic E-state index is 13.6. The summed E-state index contributed by atoms with van der Waals surface area (Å²) in [6.07, 6.45) is -7.65. The van der Waals surface area contributed by atoms with Crippen LogP contribution in [0.4, 0.5) is 77.2 Å². The molecule has 186 valence electrons. The Labute approximate surface area is 167 Å². The topological polar surface area (TPSA) is 61.3 Å². The van der Waals surface area contributed by atoms with E-state index in [1.165, 1.54) is 0 Å². The molecule has 4 N–H and O–H groups in total. The predicted molar refractivity (Wildman–Crippen MR) is 76.5 cm³/mol. The van der Waals surface area contributed by atoms with Crippen molar-refractivity contribution in [3.05, 3.63) is 18.2 Å². The third-order valence-corrected chi connectivity index (χ3v) is 3.84. The van der Waals surface area contributed by atoms with Crippen LogP contribution in [-0.4, -0.2) is 48.3 Å². The van der Waals surface area contributed by atoms with E-state index in [-0.39, 0.29) is 5.69 Å². The van der Waals surface area contributed by atoms with Crippen molar-refractivity contribution in [1.29, 1.82) is 0 Å². The highest BCUT2D eigenvalue weighted by molar-refractivity contribution is 5.60. The van der Waals surface area contributed by atoms with Crippen molar-refractivity contribution < 1.29 is 70.6 Å². The molecule has 0 unspecified atom stereocenters. The van der Waals surface area contributed by atoms with Gasteiger partial charge in [0, 0.05) is 5.69 Å². The van der Waals surface area contributed by atoms with E-state index in [9.17, 15) is 65.9 Å². The van der Waals surface area contributed by atoms with E-state index in [1.807, 2.05) is 0 Å². The largest absolute Gasteiger partial charge is 0.485 e. The average molecular weight is 506 g/mol. The second-order valence-electron chi connectivity index (χ2n) is 6.16. The van der Waals surface area contributed by atoms with Crippen molar-refractivity contribution in [3.63, 3.8) is 0 Å². The first-order chi connectivity index (χ1) is 13.9. The fraction of sp³-hybridized carbons (Fsp3) is 0.571. The van der Waals surface area contributed by atoms with Crippen molar-refractivity contribution in [2.24, 2.45) is 0 Å². The third kappa shape index (κ3) is 3.91. The monoisotopic (exact) mass is 506 g/mol. The summed E-state index contributed by atoms with van der Waals surface area (Å²) in [5.74, 6) is -47.9. The summed E-state index contributed by atoms with van der Waals surface area (Å²) >= 11 is 0. The molecule has 0 heterocycles. The molecule has 0 fully saturated rings. The molecular formula is C14H9F15N2O. The second kappa shape index (κ2) is 7.57. The van der Waals surface area contributed by atoms with Gasteiger partial charge in [0.05, 0.1) is 5.69 Å². The Hall–Kier alpha value is -2.43. The molecular weight excluding hydrogens is 497 g/mol. The number of hydrogen-bond acceptors (Lipinski definition) is 3. The van der Waals surface area contributed by atoms with Gasteiger partial charge in [-0.2, -0.15) is 65.9 Å². The van der Waals surface area contributed by atoms with Gasteiger partial charge in [-0.25, -0.2) is 0 Å². The Balaban J connectivity index is 3.38. The van der Waals surface area contributed by atoms with E-state index in [0.29, 0.717) is 6.07 Å². The summed E-state index contributed by atoms with van der Waals surface area (Å²) in [5.41, 5.74) is 9.54. The van der Waals surface area contributed by atoms with E-state index in [0.717, 1.165) is 12.1 Å². The Kier molecular flexibility index (Phi) is 6.53. The predicted octanol–water partition coefficient (Wildman–Crippen LogP) is 5.60. The molecule has 18 heteroatoms. The molecule has 32 heavy (non-hydrogen) atoms. The lowest BCUT2D eigenvalue weighted by atomic mass is 9.91. The number of ether oxygens (including phenoxy) is 1. The van der Waals surface area contributed by atoms with E-state index in [2.05, 4.69) is 4.74 Å². The van der Waals surface area contributed by atoms with Gasteiger partial charge in [-0.1, -0.05) is 0 Å². The van der Waals surface area contributed by atoms with Gasteiger partial charge in [0.2, 0.25) is 0 Å². The van der Waals surface area contributed by atoms with Gasteiger partial charge in [-0.15, -0.1) is 0 Å². The molecule has 0 saturated carbocycles. The summed E-state index contributed by atoms with van der Waals surface area (Å²) in [6.45, 7) is -2.97. The summed E-state index contributed by atoms with van der Waals surface area (Å²) in [5, 5.41) is 0. The highest BCUT2D eigenvalue weighted by atomic mass is 19.4. The highest BCUT2D eigenvalue weighted by Crippen LogP contribution is 2.62. The fourth-order valence-corrected chi connectivity index (χ4v) is 1.96. The van der Waals surface area contributed by atoms with Gasteiger partial charge in [0.1, 0.15) is 5.75 Å². The molecule has 0 aliphatic heterocycles. The smallest absolute Gasteiger partial charge is 0.460 e. The lowest BCUT2D eigenvalue weighted by molar-refractivity contribution is -0.453. The molecule has 3 nitrogen and oxygen atoms in total. The standard InChI is InChI=1S/C14H9F15N2O/c15-8(16,4-32-7-2-1-5(30)3-6(7)31)9(17,18)10(19,20)11(21,22)12(23,24)13(25,26)14(27,28)29/h1-3H,4,30-31H2. The normalized spacial score (nSPS) is 15.1. The van der Waals surface area contributed by atoms with Crippen molar-refractivity contribution in [3.8, 4) is 5.75 Å². The Morgan fingerprint density at radius 2 is 1.00 bits per heavy atom. The van der Waals surface area contributed by atoms with Crippen LogP contribution >= 0.6 is 0 Å². The highest BCUT2D eigenvalue weighted by Gasteiger charge is 2.93. The number of nitrogen functional groups attached to an aromatic ring is 2. The van der Waals surface area contributed by atoms with Crippen LogP contribution in [0.3, 0.4) is 0 Å². The van der Waals surface area contributed by atoms with Crippen LogP contribution < -0.4 is 16.2 Å². The van der Waals surface area contributed by atoms with Gasteiger partial charge in [0.25, 0.3) is 0 Å². The zero-order valence-corrected chi connectivity index (χ0v) is 14.7. The number of nitrogens with two attached hydrogens (primary N) is 2. The number of anilines is 2. The minimum absolute atomic E-state index is 0.147. The molecule has 0 aliphatic rings.